The van der Waals surface area contributed by atoms with Crippen molar-refractivity contribution in [1.82, 2.24) is 5.32 Å². The Kier molecular flexibility index (Phi) is 8.38. The summed E-state index contributed by atoms with van der Waals surface area (Å²) in [6, 6.07) is 5.27. The lowest BCUT2D eigenvalue weighted by atomic mass is 10.0. The summed E-state index contributed by atoms with van der Waals surface area (Å²) in [7, 11) is 1.53. The van der Waals surface area contributed by atoms with E-state index in [1.807, 2.05) is 6.92 Å². The summed E-state index contributed by atoms with van der Waals surface area (Å²) in [5.74, 6) is -0.101. The van der Waals surface area contributed by atoms with E-state index in [1.165, 1.54) is 7.11 Å². The van der Waals surface area contributed by atoms with Gasteiger partial charge in [0, 0.05) is 0 Å². The standard InChI is InChI=1S/C19H29NO6/c1-6-7-12-25-17(22)15(20-18(23)26-19(2,3)4)16(21)13-8-10-14(24-5)11-9-13/h8-11,15-16,21H,6-7,12H2,1-5H3,(H,20,23)/t15-,16+/m0/s1. The van der Waals surface area contributed by atoms with Gasteiger partial charge in [-0.15, -0.1) is 0 Å². The van der Waals surface area contributed by atoms with E-state index in [0.29, 0.717) is 17.7 Å². The van der Waals surface area contributed by atoms with Gasteiger partial charge in [-0.2, -0.15) is 0 Å². The third-order valence-corrected chi connectivity index (χ3v) is 3.44. The van der Waals surface area contributed by atoms with Gasteiger partial charge in [-0.3, -0.25) is 0 Å². The highest BCUT2D eigenvalue weighted by molar-refractivity contribution is 5.82. The Morgan fingerprint density at radius 1 is 1.19 bits per heavy atom. The van der Waals surface area contributed by atoms with Crippen LogP contribution in [0.1, 0.15) is 52.2 Å². The van der Waals surface area contributed by atoms with Crippen molar-refractivity contribution in [2.45, 2.75) is 58.3 Å². The van der Waals surface area contributed by atoms with Crippen LogP contribution in [0.3, 0.4) is 0 Å². The molecule has 1 aromatic carbocycles. The average Bonchev–Trinajstić information content (AvgIpc) is 2.57. The Hall–Kier alpha value is -2.28. The van der Waals surface area contributed by atoms with Crippen molar-refractivity contribution in [2.75, 3.05) is 13.7 Å². The Bertz CT molecular complexity index is 579. The van der Waals surface area contributed by atoms with Crippen molar-refractivity contribution < 1.29 is 28.9 Å². The second kappa shape index (κ2) is 10.0. The van der Waals surface area contributed by atoms with E-state index >= 15 is 0 Å². The van der Waals surface area contributed by atoms with E-state index in [-0.39, 0.29) is 6.61 Å². The molecule has 26 heavy (non-hydrogen) atoms. The van der Waals surface area contributed by atoms with Gasteiger partial charge in [0.2, 0.25) is 0 Å². The van der Waals surface area contributed by atoms with Crippen LogP contribution in [-0.2, 0) is 14.3 Å². The molecule has 0 fully saturated rings. The number of aliphatic hydroxyl groups excluding tert-OH is 1. The van der Waals surface area contributed by atoms with E-state index in [2.05, 4.69) is 5.32 Å². The summed E-state index contributed by atoms with van der Waals surface area (Å²) in [5.41, 5.74) is -0.287. The minimum atomic E-state index is -1.29. The number of hydrogen-bond donors (Lipinski definition) is 2. The second-order valence-electron chi connectivity index (χ2n) is 6.86. The van der Waals surface area contributed by atoms with Crippen LogP contribution in [0.2, 0.25) is 0 Å². The molecule has 0 saturated heterocycles. The summed E-state index contributed by atoms with van der Waals surface area (Å²) in [5, 5.41) is 13.0. The fourth-order valence-electron chi connectivity index (χ4n) is 2.10. The van der Waals surface area contributed by atoms with Gasteiger partial charge in [0.25, 0.3) is 0 Å². The fourth-order valence-corrected chi connectivity index (χ4v) is 2.10. The van der Waals surface area contributed by atoms with Gasteiger partial charge in [-0.05, 0) is 44.9 Å². The van der Waals surface area contributed by atoms with Crippen LogP contribution in [-0.4, -0.2) is 42.5 Å². The van der Waals surface area contributed by atoms with Gasteiger partial charge in [0.1, 0.15) is 17.5 Å². The average molecular weight is 367 g/mol. The molecular formula is C19H29NO6. The van der Waals surface area contributed by atoms with Gasteiger partial charge in [-0.25, -0.2) is 9.59 Å². The molecule has 0 radical (unpaired) electrons. The van der Waals surface area contributed by atoms with Gasteiger partial charge >= 0.3 is 12.1 Å². The molecule has 0 spiro atoms. The molecule has 1 aromatic rings. The lowest BCUT2D eigenvalue weighted by molar-refractivity contribution is -0.149. The molecule has 1 amide bonds. The lowest BCUT2D eigenvalue weighted by Crippen LogP contribution is -2.47. The quantitative estimate of drug-likeness (QED) is 0.542. The predicted octanol–water partition coefficient (Wildman–Crippen LogP) is 2.97. The Labute approximate surface area is 154 Å². The van der Waals surface area contributed by atoms with Crippen LogP contribution in [0.4, 0.5) is 4.79 Å². The second-order valence-corrected chi connectivity index (χ2v) is 6.86. The molecule has 2 N–H and O–H groups in total. The number of carbonyl (C=O) groups is 2. The molecule has 0 aliphatic rings. The number of methoxy groups -OCH3 is 1. The number of nitrogens with one attached hydrogen (secondary N) is 1. The van der Waals surface area contributed by atoms with Crippen LogP contribution in [0, 0.1) is 0 Å². The molecule has 2 atom stereocenters. The van der Waals surface area contributed by atoms with E-state index in [4.69, 9.17) is 14.2 Å². The smallest absolute Gasteiger partial charge is 0.408 e. The monoisotopic (exact) mass is 367 g/mol. The zero-order valence-corrected chi connectivity index (χ0v) is 16.1. The molecule has 0 aliphatic heterocycles. The van der Waals surface area contributed by atoms with Crippen LogP contribution in [0.5, 0.6) is 5.75 Å². The van der Waals surface area contributed by atoms with E-state index in [1.54, 1.807) is 45.0 Å². The first-order chi connectivity index (χ1) is 12.2. The van der Waals surface area contributed by atoms with Crippen molar-refractivity contribution in [2.24, 2.45) is 0 Å². The van der Waals surface area contributed by atoms with E-state index in [0.717, 1.165) is 6.42 Å². The largest absolute Gasteiger partial charge is 0.497 e. The third kappa shape index (κ3) is 7.31. The van der Waals surface area contributed by atoms with Gasteiger partial charge < -0.3 is 24.6 Å². The summed E-state index contributed by atoms with van der Waals surface area (Å²) in [6.07, 6.45) is -0.535. The number of aliphatic hydroxyl groups is 1. The molecular weight excluding hydrogens is 338 g/mol. The first kappa shape index (κ1) is 21.8. The number of hydrogen-bond acceptors (Lipinski definition) is 6. The molecule has 0 saturated carbocycles. The Balaban J connectivity index is 2.93. The molecule has 0 unspecified atom stereocenters. The fraction of sp³-hybridized carbons (Fsp3) is 0.579. The van der Waals surface area contributed by atoms with Crippen LogP contribution in [0.15, 0.2) is 24.3 Å². The third-order valence-electron chi connectivity index (χ3n) is 3.44. The maximum Gasteiger partial charge on any atom is 0.408 e. The van der Waals surface area contributed by atoms with Crippen LogP contribution >= 0.6 is 0 Å². The van der Waals surface area contributed by atoms with Crippen molar-refractivity contribution >= 4 is 12.1 Å². The van der Waals surface area contributed by atoms with Crippen LogP contribution in [0.25, 0.3) is 0 Å². The molecule has 0 aliphatic carbocycles. The molecule has 146 valence electrons. The molecule has 1 rings (SSSR count). The summed E-state index contributed by atoms with van der Waals surface area (Å²) >= 11 is 0. The topological polar surface area (TPSA) is 94.1 Å². The van der Waals surface area contributed by atoms with E-state index < -0.39 is 29.8 Å². The number of amides is 1. The maximum absolute atomic E-state index is 12.4. The first-order valence-electron chi connectivity index (χ1n) is 8.66. The number of carbonyl (C=O) groups excluding carboxylic acids is 2. The minimum Gasteiger partial charge on any atom is -0.497 e. The normalized spacial score (nSPS) is 13.5. The number of rotatable bonds is 8. The molecule has 7 heteroatoms. The van der Waals surface area contributed by atoms with E-state index in [9.17, 15) is 14.7 Å². The zero-order valence-electron chi connectivity index (χ0n) is 16.1. The zero-order chi connectivity index (χ0) is 19.7. The summed E-state index contributed by atoms with van der Waals surface area (Å²) in [6.45, 7) is 7.32. The lowest BCUT2D eigenvalue weighted by Gasteiger charge is -2.25. The van der Waals surface area contributed by atoms with Crippen molar-refractivity contribution in [3.8, 4) is 5.75 Å². The van der Waals surface area contributed by atoms with Crippen molar-refractivity contribution in [3.05, 3.63) is 29.8 Å². The van der Waals surface area contributed by atoms with Crippen molar-refractivity contribution in [1.29, 1.82) is 0 Å². The van der Waals surface area contributed by atoms with Crippen LogP contribution < -0.4 is 10.1 Å². The highest BCUT2D eigenvalue weighted by Crippen LogP contribution is 2.21. The Morgan fingerprint density at radius 3 is 2.31 bits per heavy atom. The SMILES string of the molecule is CCCCOC(=O)[C@@H](NC(=O)OC(C)(C)C)[C@H](O)c1ccc(OC)cc1. The van der Waals surface area contributed by atoms with Gasteiger partial charge in [0.15, 0.2) is 6.04 Å². The van der Waals surface area contributed by atoms with Crippen molar-refractivity contribution in [3.63, 3.8) is 0 Å². The molecule has 0 heterocycles. The summed E-state index contributed by atoms with van der Waals surface area (Å²) < 4.78 is 15.4. The number of alkyl carbamates (subject to hydrolysis) is 1. The number of esters is 1. The Morgan fingerprint density at radius 2 is 1.81 bits per heavy atom. The highest BCUT2D eigenvalue weighted by Gasteiger charge is 2.32. The number of unbranched alkanes of at least 4 members (excludes halogenated alkanes) is 1. The number of ether oxygens (including phenoxy) is 3. The van der Waals surface area contributed by atoms with Gasteiger partial charge in [-0.1, -0.05) is 25.5 Å². The minimum absolute atomic E-state index is 0.219. The summed E-state index contributed by atoms with van der Waals surface area (Å²) in [4.78, 5) is 24.4. The predicted molar refractivity (Wildman–Crippen MR) is 97.0 cm³/mol. The molecule has 0 bridgehead atoms. The molecule has 7 nitrogen and oxygen atoms in total. The van der Waals surface area contributed by atoms with Gasteiger partial charge in [0.05, 0.1) is 13.7 Å². The first-order valence-corrected chi connectivity index (χ1v) is 8.66. The highest BCUT2D eigenvalue weighted by atomic mass is 16.6. The number of benzene rings is 1. The molecule has 0 aromatic heterocycles. The maximum atomic E-state index is 12.4.